The van der Waals surface area contributed by atoms with Crippen molar-refractivity contribution in [2.45, 2.75) is 44.8 Å². The quantitative estimate of drug-likeness (QED) is 0.688. The van der Waals surface area contributed by atoms with E-state index in [1.807, 2.05) is 31.2 Å². The highest BCUT2D eigenvalue weighted by atomic mass is 16.5. The van der Waals surface area contributed by atoms with Gasteiger partial charge in [0, 0.05) is 12.6 Å². The molecule has 1 atom stereocenters. The summed E-state index contributed by atoms with van der Waals surface area (Å²) in [6, 6.07) is 7.82. The van der Waals surface area contributed by atoms with Gasteiger partial charge >= 0.3 is 6.03 Å². The average molecular weight is 318 g/mol. The molecule has 1 unspecified atom stereocenters. The molecule has 2 saturated carbocycles. The van der Waals surface area contributed by atoms with E-state index in [0.29, 0.717) is 17.9 Å². The number of carbonyl (C=O) groups is 1. The minimum absolute atomic E-state index is 0.165. The first-order valence-electron chi connectivity index (χ1n) is 8.53. The second-order valence-electron chi connectivity index (χ2n) is 6.83. The second kappa shape index (κ2) is 7.21. The first-order valence-corrected chi connectivity index (χ1v) is 8.53. The van der Waals surface area contributed by atoms with Gasteiger partial charge in [-0.05, 0) is 56.6 Å². The maximum Gasteiger partial charge on any atom is 0.315 e. The Bertz CT molecular complexity index is 512. The Balaban J connectivity index is 1.34. The number of amides is 2. The number of rotatable bonds is 8. The number of aliphatic hydroxyl groups excluding tert-OH is 1. The summed E-state index contributed by atoms with van der Waals surface area (Å²) in [7, 11) is 0. The zero-order valence-corrected chi connectivity index (χ0v) is 13.6. The number of aliphatic hydroxyl groups is 1. The van der Waals surface area contributed by atoms with Crippen LogP contribution in [0.5, 0.6) is 5.75 Å². The lowest BCUT2D eigenvalue weighted by molar-refractivity contribution is 0.107. The van der Waals surface area contributed by atoms with E-state index in [-0.39, 0.29) is 19.2 Å². The number of ether oxygens (including phenoxy) is 1. The van der Waals surface area contributed by atoms with Gasteiger partial charge in [0.15, 0.2) is 0 Å². The third-order valence-corrected chi connectivity index (χ3v) is 4.52. The predicted octanol–water partition coefficient (Wildman–Crippen LogP) is 2.22. The van der Waals surface area contributed by atoms with Crippen LogP contribution in [0.1, 0.15) is 31.2 Å². The molecule has 3 rings (SSSR count). The maximum absolute atomic E-state index is 12.0. The summed E-state index contributed by atoms with van der Waals surface area (Å²) >= 11 is 0. The van der Waals surface area contributed by atoms with Crippen molar-refractivity contribution < 1.29 is 14.6 Å². The molecule has 1 aromatic carbocycles. The molecule has 5 nitrogen and oxygen atoms in total. The number of hydrogen-bond acceptors (Lipinski definition) is 3. The molecule has 3 N–H and O–H groups in total. The van der Waals surface area contributed by atoms with Crippen LogP contribution in [0.3, 0.4) is 0 Å². The third kappa shape index (κ3) is 5.13. The van der Waals surface area contributed by atoms with Crippen molar-refractivity contribution in [2.75, 3.05) is 13.2 Å². The van der Waals surface area contributed by atoms with Gasteiger partial charge in [0.2, 0.25) is 0 Å². The van der Waals surface area contributed by atoms with Crippen molar-refractivity contribution in [3.05, 3.63) is 29.8 Å². The van der Waals surface area contributed by atoms with Crippen molar-refractivity contribution in [3.8, 4) is 5.75 Å². The van der Waals surface area contributed by atoms with E-state index in [0.717, 1.165) is 11.3 Å². The maximum atomic E-state index is 12.0. The molecule has 2 aliphatic rings. The van der Waals surface area contributed by atoms with Crippen LogP contribution in [0.25, 0.3) is 0 Å². The Kier molecular flexibility index (Phi) is 5.06. The molecule has 0 aromatic heterocycles. The Morgan fingerprint density at radius 3 is 2.39 bits per heavy atom. The van der Waals surface area contributed by atoms with Gasteiger partial charge in [0.1, 0.15) is 18.5 Å². The molecule has 0 heterocycles. The van der Waals surface area contributed by atoms with Crippen LogP contribution in [0, 0.1) is 18.8 Å². The van der Waals surface area contributed by atoms with Crippen LogP contribution in [0.4, 0.5) is 4.79 Å². The first-order chi connectivity index (χ1) is 11.1. The highest BCUT2D eigenvalue weighted by Crippen LogP contribution is 2.44. The highest BCUT2D eigenvalue weighted by Gasteiger charge is 2.42. The van der Waals surface area contributed by atoms with E-state index in [1.54, 1.807) is 0 Å². The molecule has 23 heavy (non-hydrogen) atoms. The van der Waals surface area contributed by atoms with Gasteiger partial charge in [0.05, 0.1) is 0 Å². The molecule has 0 bridgehead atoms. The number of nitrogens with one attached hydrogen (secondary N) is 2. The SMILES string of the molecule is Cc1ccc(OCC(O)CNC(=O)NC(C2CC2)C2CC2)cc1. The molecule has 126 valence electrons. The molecule has 5 heteroatoms. The minimum Gasteiger partial charge on any atom is -0.491 e. The number of aryl methyl sites for hydroxylation is 1. The van der Waals surface area contributed by atoms with Crippen LogP contribution in [0.15, 0.2) is 24.3 Å². The summed E-state index contributed by atoms with van der Waals surface area (Å²) in [5.74, 6) is 2.06. The molecule has 0 aliphatic heterocycles. The summed E-state index contributed by atoms with van der Waals surface area (Å²) in [6.45, 7) is 2.37. The van der Waals surface area contributed by atoms with Crippen molar-refractivity contribution in [2.24, 2.45) is 11.8 Å². The molecular weight excluding hydrogens is 292 g/mol. The van der Waals surface area contributed by atoms with Gasteiger partial charge in [-0.15, -0.1) is 0 Å². The Morgan fingerprint density at radius 1 is 1.22 bits per heavy atom. The molecule has 0 spiro atoms. The van der Waals surface area contributed by atoms with Crippen LogP contribution in [-0.4, -0.2) is 36.4 Å². The van der Waals surface area contributed by atoms with E-state index < -0.39 is 6.10 Å². The van der Waals surface area contributed by atoms with Crippen LogP contribution < -0.4 is 15.4 Å². The fraction of sp³-hybridized carbons (Fsp3) is 0.611. The van der Waals surface area contributed by atoms with E-state index in [9.17, 15) is 9.90 Å². The topological polar surface area (TPSA) is 70.6 Å². The zero-order chi connectivity index (χ0) is 16.2. The lowest BCUT2D eigenvalue weighted by Gasteiger charge is -2.19. The summed E-state index contributed by atoms with van der Waals surface area (Å²) in [5, 5.41) is 15.7. The van der Waals surface area contributed by atoms with Crippen molar-refractivity contribution in [3.63, 3.8) is 0 Å². The van der Waals surface area contributed by atoms with Gasteiger partial charge in [-0.25, -0.2) is 4.79 Å². The Labute approximate surface area is 137 Å². The highest BCUT2D eigenvalue weighted by molar-refractivity contribution is 5.74. The van der Waals surface area contributed by atoms with Crippen molar-refractivity contribution in [1.29, 1.82) is 0 Å². The van der Waals surface area contributed by atoms with E-state index >= 15 is 0 Å². The van der Waals surface area contributed by atoms with Crippen molar-refractivity contribution in [1.82, 2.24) is 10.6 Å². The monoisotopic (exact) mass is 318 g/mol. The lowest BCUT2D eigenvalue weighted by Crippen LogP contribution is -2.47. The normalized spacial score (nSPS) is 18.6. The smallest absolute Gasteiger partial charge is 0.315 e. The molecule has 0 saturated heterocycles. The number of urea groups is 1. The summed E-state index contributed by atoms with van der Waals surface area (Å²) < 4.78 is 5.51. The third-order valence-electron chi connectivity index (χ3n) is 4.52. The van der Waals surface area contributed by atoms with Crippen molar-refractivity contribution >= 4 is 6.03 Å². The summed E-state index contributed by atoms with van der Waals surface area (Å²) in [4.78, 5) is 12.0. The van der Waals surface area contributed by atoms with E-state index in [1.165, 1.54) is 25.7 Å². The van der Waals surface area contributed by atoms with Gasteiger partial charge in [-0.2, -0.15) is 0 Å². The summed E-state index contributed by atoms with van der Waals surface area (Å²) in [5.41, 5.74) is 1.16. The average Bonchev–Trinajstić information content (AvgIpc) is 3.42. The van der Waals surface area contributed by atoms with E-state index in [4.69, 9.17) is 4.74 Å². The molecule has 0 radical (unpaired) electrons. The lowest BCUT2D eigenvalue weighted by atomic mass is 10.1. The van der Waals surface area contributed by atoms with Gasteiger partial charge in [0.25, 0.3) is 0 Å². The predicted molar refractivity (Wildman–Crippen MR) is 88.5 cm³/mol. The fourth-order valence-electron chi connectivity index (χ4n) is 2.83. The number of carbonyl (C=O) groups excluding carboxylic acids is 1. The molecule has 2 fully saturated rings. The first kappa shape index (κ1) is 16.1. The second-order valence-corrected chi connectivity index (χ2v) is 6.83. The molecule has 2 aliphatic carbocycles. The van der Waals surface area contributed by atoms with Crippen LogP contribution >= 0.6 is 0 Å². The zero-order valence-electron chi connectivity index (χ0n) is 13.6. The van der Waals surface area contributed by atoms with Gasteiger partial charge in [-0.3, -0.25) is 0 Å². The fourth-order valence-corrected chi connectivity index (χ4v) is 2.83. The minimum atomic E-state index is -0.720. The largest absolute Gasteiger partial charge is 0.491 e. The molecule has 2 amide bonds. The van der Waals surface area contributed by atoms with Gasteiger partial charge in [-0.1, -0.05) is 17.7 Å². The number of hydrogen-bond donors (Lipinski definition) is 3. The summed E-state index contributed by atoms with van der Waals surface area (Å²) in [6.07, 6.45) is 4.20. The van der Waals surface area contributed by atoms with Crippen LogP contribution in [0.2, 0.25) is 0 Å². The van der Waals surface area contributed by atoms with Gasteiger partial charge < -0.3 is 20.5 Å². The van der Waals surface area contributed by atoms with E-state index in [2.05, 4.69) is 10.6 Å². The van der Waals surface area contributed by atoms with Crippen LogP contribution in [-0.2, 0) is 0 Å². The Hall–Kier alpha value is -1.75. The number of benzene rings is 1. The molecule has 1 aromatic rings. The standard InChI is InChI=1S/C18H26N2O3/c1-12-2-8-16(9-3-12)23-11-15(21)10-19-18(22)20-17(13-4-5-13)14-6-7-14/h2-3,8-9,13-15,17,21H,4-7,10-11H2,1H3,(H2,19,20,22). The Morgan fingerprint density at radius 2 is 1.83 bits per heavy atom. The molecular formula is C18H26N2O3.